The number of nitrogens with zero attached hydrogens (tertiary/aromatic N) is 1. The zero-order valence-electron chi connectivity index (χ0n) is 21.3. The summed E-state index contributed by atoms with van der Waals surface area (Å²) in [7, 11) is 0. The molecule has 0 radical (unpaired) electrons. The Morgan fingerprint density at radius 2 is 1.71 bits per heavy atom. The molecule has 0 saturated heterocycles. The van der Waals surface area contributed by atoms with E-state index in [0.29, 0.717) is 44.3 Å². The van der Waals surface area contributed by atoms with Crippen LogP contribution >= 0.6 is 11.6 Å². The maximum atomic E-state index is 14.6. The number of hydrogen-bond donors (Lipinski definition) is 0. The Morgan fingerprint density at radius 3 is 2.42 bits per heavy atom. The predicted octanol–water partition coefficient (Wildman–Crippen LogP) is 7.06. The Balaban J connectivity index is 1.51. The van der Waals surface area contributed by atoms with Gasteiger partial charge in [-0.05, 0) is 50.1 Å². The number of carbonyl (C=O) groups excluding carboxylic acids is 2. The van der Waals surface area contributed by atoms with Crippen molar-refractivity contribution in [2.75, 3.05) is 6.61 Å². The number of ether oxygens (including phenoxy) is 2. The van der Waals surface area contributed by atoms with Crippen LogP contribution in [-0.4, -0.2) is 23.7 Å². The summed E-state index contributed by atoms with van der Waals surface area (Å²) in [5.41, 5.74) is 4.23. The quantitative estimate of drug-likeness (QED) is 0.213. The zero-order valence-corrected chi connectivity index (χ0v) is 22.0. The van der Waals surface area contributed by atoms with Gasteiger partial charge in [0.1, 0.15) is 11.9 Å². The topological polar surface area (TPSA) is 78.6 Å². The van der Waals surface area contributed by atoms with E-state index in [2.05, 4.69) is 5.16 Å². The summed E-state index contributed by atoms with van der Waals surface area (Å²) < 4.78 is 30.8. The second kappa shape index (κ2) is 12.0. The molecular weight excluding hydrogens is 509 g/mol. The molecule has 0 fully saturated rings. The largest absolute Gasteiger partial charge is 0.466 e. The van der Waals surface area contributed by atoms with Crippen LogP contribution in [0, 0.1) is 12.7 Å². The molecule has 3 aromatic carbocycles. The van der Waals surface area contributed by atoms with Crippen molar-refractivity contribution < 1.29 is 28.0 Å². The van der Waals surface area contributed by atoms with Crippen LogP contribution in [0.5, 0.6) is 0 Å². The van der Waals surface area contributed by atoms with Crippen molar-refractivity contribution in [3.05, 3.63) is 100.0 Å². The van der Waals surface area contributed by atoms with E-state index in [1.54, 1.807) is 63.2 Å². The highest BCUT2D eigenvalue weighted by Gasteiger charge is 2.21. The van der Waals surface area contributed by atoms with E-state index in [1.165, 1.54) is 6.07 Å². The van der Waals surface area contributed by atoms with Gasteiger partial charge in [-0.15, -0.1) is 0 Å². The number of rotatable bonds is 9. The molecule has 0 N–H and O–H groups in total. The minimum atomic E-state index is -0.520. The van der Waals surface area contributed by atoms with E-state index in [0.717, 1.165) is 5.56 Å². The van der Waals surface area contributed by atoms with E-state index >= 15 is 0 Å². The summed E-state index contributed by atoms with van der Waals surface area (Å²) in [5.74, 6) is -0.777. The first-order valence-electron chi connectivity index (χ1n) is 12.2. The minimum absolute atomic E-state index is 0.0360. The fourth-order valence-corrected chi connectivity index (χ4v) is 4.45. The number of aryl methyl sites for hydroxylation is 1. The Bertz CT molecular complexity index is 1450. The molecule has 8 heteroatoms. The van der Waals surface area contributed by atoms with Gasteiger partial charge in [0.2, 0.25) is 0 Å². The third kappa shape index (κ3) is 6.29. The van der Waals surface area contributed by atoms with Crippen LogP contribution in [-0.2, 0) is 31.9 Å². The van der Waals surface area contributed by atoms with Gasteiger partial charge in [0.25, 0.3) is 0 Å². The van der Waals surface area contributed by atoms with Gasteiger partial charge in [-0.3, -0.25) is 9.59 Å². The average Bonchev–Trinajstić information content (AvgIpc) is 3.25. The lowest BCUT2D eigenvalue weighted by Crippen LogP contribution is -2.12. The third-order valence-corrected chi connectivity index (χ3v) is 6.44. The average molecular weight is 536 g/mol. The van der Waals surface area contributed by atoms with Crippen LogP contribution in [0.1, 0.15) is 42.3 Å². The van der Waals surface area contributed by atoms with E-state index in [9.17, 15) is 14.0 Å². The normalized spacial score (nSPS) is 11.7. The van der Waals surface area contributed by atoms with E-state index in [4.69, 9.17) is 25.6 Å². The molecule has 1 atom stereocenters. The molecule has 0 aliphatic carbocycles. The number of hydrogen-bond acceptors (Lipinski definition) is 6. The molecule has 4 rings (SSSR count). The van der Waals surface area contributed by atoms with Gasteiger partial charge < -0.3 is 14.0 Å². The van der Waals surface area contributed by atoms with Gasteiger partial charge in [0.05, 0.1) is 25.1 Å². The molecule has 0 saturated carbocycles. The molecule has 1 heterocycles. The minimum Gasteiger partial charge on any atom is -0.466 e. The first kappa shape index (κ1) is 27.1. The molecule has 0 bridgehead atoms. The molecule has 0 aliphatic rings. The number of esters is 2. The molecular formula is C30H27ClFNO5. The van der Waals surface area contributed by atoms with Crippen LogP contribution in [0.4, 0.5) is 4.39 Å². The molecule has 1 unspecified atom stereocenters. The van der Waals surface area contributed by atoms with Crippen LogP contribution in [0.3, 0.4) is 0 Å². The molecule has 0 aliphatic heterocycles. The van der Waals surface area contributed by atoms with Crippen molar-refractivity contribution in [1.29, 1.82) is 0 Å². The Kier molecular flexibility index (Phi) is 8.59. The molecule has 0 spiro atoms. The van der Waals surface area contributed by atoms with E-state index < -0.39 is 17.9 Å². The standard InChI is InChI=1S/C30H27ClFNO5/c1-4-36-28(34)16-20-9-14-27(32)25(15-20)21-10-12-22(13-11-21)30-24(18(2)33-38-30)17-29(35)37-19(3)23-7-5-6-8-26(23)31/h5-15,19H,4,16-17H2,1-3H3. The Morgan fingerprint density at radius 1 is 1.00 bits per heavy atom. The van der Waals surface area contributed by atoms with Crippen molar-refractivity contribution >= 4 is 23.5 Å². The van der Waals surface area contributed by atoms with Crippen molar-refractivity contribution in [1.82, 2.24) is 5.16 Å². The predicted molar refractivity (Wildman–Crippen MR) is 142 cm³/mol. The molecule has 6 nitrogen and oxygen atoms in total. The number of halogens is 2. The summed E-state index contributed by atoms with van der Waals surface area (Å²) in [6, 6.07) is 18.8. The molecule has 4 aromatic rings. The van der Waals surface area contributed by atoms with Crippen molar-refractivity contribution in [3.63, 3.8) is 0 Å². The number of aromatic nitrogens is 1. The van der Waals surface area contributed by atoms with Gasteiger partial charge >= 0.3 is 11.9 Å². The SMILES string of the molecule is CCOC(=O)Cc1ccc(F)c(-c2ccc(-c3onc(C)c3CC(=O)OC(C)c3ccccc3Cl)cc2)c1. The molecule has 38 heavy (non-hydrogen) atoms. The van der Waals surface area contributed by atoms with E-state index in [-0.39, 0.29) is 25.4 Å². The summed E-state index contributed by atoms with van der Waals surface area (Å²) in [5, 5.41) is 4.56. The smallest absolute Gasteiger partial charge is 0.311 e. The van der Waals surface area contributed by atoms with E-state index in [1.807, 2.05) is 18.2 Å². The first-order chi connectivity index (χ1) is 18.3. The monoisotopic (exact) mass is 535 g/mol. The lowest BCUT2D eigenvalue weighted by Gasteiger charge is -2.15. The molecule has 1 aromatic heterocycles. The summed E-state index contributed by atoms with van der Waals surface area (Å²) >= 11 is 6.23. The van der Waals surface area contributed by atoms with Gasteiger partial charge in [0, 0.05) is 27.3 Å². The summed E-state index contributed by atoms with van der Waals surface area (Å²) in [6.07, 6.45) is -0.495. The zero-order chi connectivity index (χ0) is 27.2. The number of benzene rings is 3. The second-order valence-corrected chi connectivity index (χ2v) is 9.19. The van der Waals surface area contributed by atoms with Gasteiger partial charge in [0.15, 0.2) is 5.76 Å². The molecule has 0 amide bonds. The van der Waals surface area contributed by atoms with Gasteiger partial charge in [-0.25, -0.2) is 4.39 Å². The lowest BCUT2D eigenvalue weighted by molar-refractivity contribution is -0.147. The van der Waals surface area contributed by atoms with Crippen LogP contribution in [0.15, 0.2) is 71.3 Å². The maximum Gasteiger partial charge on any atom is 0.311 e. The number of carbonyl (C=O) groups is 2. The van der Waals surface area contributed by atoms with Crippen LogP contribution in [0.25, 0.3) is 22.5 Å². The molecule has 196 valence electrons. The van der Waals surface area contributed by atoms with Crippen molar-refractivity contribution in [2.24, 2.45) is 0 Å². The fourth-order valence-electron chi connectivity index (χ4n) is 4.16. The van der Waals surface area contributed by atoms with Crippen LogP contribution < -0.4 is 0 Å². The van der Waals surface area contributed by atoms with Crippen molar-refractivity contribution in [3.8, 4) is 22.5 Å². The Hall–Kier alpha value is -3.97. The maximum absolute atomic E-state index is 14.6. The summed E-state index contributed by atoms with van der Waals surface area (Å²) in [6.45, 7) is 5.54. The Labute approximate surface area is 225 Å². The van der Waals surface area contributed by atoms with Crippen molar-refractivity contribution in [2.45, 2.75) is 39.7 Å². The summed E-state index contributed by atoms with van der Waals surface area (Å²) in [4.78, 5) is 24.6. The highest BCUT2D eigenvalue weighted by molar-refractivity contribution is 6.31. The highest BCUT2D eigenvalue weighted by Crippen LogP contribution is 2.32. The third-order valence-electron chi connectivity index (χ3n) is 6.10. The highest BCUT2D eigenvalue weighted by atomic mass is 35.5. The second-order valence-electron chi connectivity index (χ2n) is 8.78. The van der Waals surface area contributed by atoms with Gasteiger partial charge in [-0.2, -0.15) is 0 Å². The fraction of sp³-hybridized carbons (Fsp3) is 0.233. The van der Waals surface area contributed by atoms with Crippen LogP contribution in [0.2, 0.25) is 5.02 Å². The van der Waals surface area contributed by atoms with Gasteiger partial charge in [-0.1, -0.05) is 65.3 Å². The first-order valence-corrected chi connectivity index (χ1v) is 12.6. The lowest BCUT2D eigenvalue weighted by atomic mass is 9.98.